The van der Waals surface area contributed by atoms with Gasteiger partial charge in [-0.3, -0.25) is 0 Å². The van der Waals surface area contributed by atoms with Crippen LogP contribution >= 0.6 is 63.7 Å². The van der Waals surface area contributed by atoms with Gasteiger partial charge in [0.2, 0.25) is 0 Å². The molecule has 0 spiro atoms. The average molecular weight is 528 g/mol. The molecule has 108 valence electrons. The summed E-state index contributed by atoms with van der Waals surface area (Å²) in [5, 5.41) is 3.76. The third-order valence-electron chi connectivity index (χ3n) is 2.66. The average Bonchev–Trinajstić information content (AvgIpc) is 2.55. The summed E-state index contributed by atoms with van der Waals surface area (Å²) >= 11 is 13.6. The molecule has 0 fully saturated rings. The Hall–Kier alpha value is 0.360. The van der Waals surface area contributed by atoms with Crippen molar-refractivity contribution in [2.45, 2.75) is 21.3 Å². The van der Waals surface area contributed by atoms with Gasteiger partial charge in [0.05, 0.1) is 0 Å². The van der Waals surface area contributed by atoms with Crippen LogP contribution < -0.4 is 0 Å². The van der Waals surface area contributed by atoms with Crippen molar-refractivity contribution in [2.24, 2.45) is 0 Å². The molecule has 0 heterocycles. The summed E-state index contributed by atoms with van der Waals surface area (Å²) in [6.07, 6.45) is 0. The third kappa shape index (κ3) is 6.88. The Kier molecular flexibility index (Phi) is 10.1. The summed E-state index contributed by atoms with van der Waals surface area (Å²) in [5.74, 6) is 0. The number of alkyl halides is 4. The first-order valence-electron chi connectivity index (χ1n) is 6.13. The van der Waals surface area contributed by atoms with Crippen LogP contribution in [0, 0.1) is 0 Å². The van der Waals surface area contributed by atoms with Crippen molar-refractivity contribution in [3.05, 3.63) is 70.8 Å². The molecule has 2 aromatic rings. The molecule has 0 atom stereocenters. The van der Waals surface area contributed by atoms with Gasteiger partial charge < -0.3 is 0 Å². The summed E-state index contributed by atoms with van der Waals surface area (Å²) in [5.41, 5.74) is 5.30. The quantitative estimate of drug-likeness (QED) is 0.377. The monoisotopic (exact) mass is 524 g/mol. The molecule has 2 aromatic carbocycles. The highest BCUT2D eigenvalue weighted by Gasteiger charge is 1.90. The van der Waals surface area contributed by atoms with E-state index in [1.807, 2.05) is 0 Å². The first-order chi connectivity index (χ1) is 9.73. The van der Waals surface area contributed by atoms with Gasteiger partial charge >= 0.3 is 0 Å². The van der Waals surface area contributed by atoms with Crippen LogP contribution in [-0.2, 0) is 21.3 Å². The molecule has 4 heteroatoms. The lowest BCUT2D eigenvalue weighted by atomic mass is 10.2. The molecule has 20 heavy (non-hydrogen) atoms. The van der Waals surface area contributed by atoms with Crippen molar-refractivity contribution in [2.75, 3.05) is 0 Å². The highest BCUT2D eigenvalue weighted by Crippen LogP contribution is 2.10. The van der Waals surface area contributed by atoms with Crippen molar-refractivity contribution >= 4 is 63.7 Å². The van der Waals surface area contributed by atoms with Gasteiger partial charge in [0.25, 0.3) is 0 Å². The first kappa shape index (κ1) is 18.4. The minimum Gasteiger partial charge on any atom is -0.0876 e. The Morgan fingerprint density at radius 1 is 0.400 bits per heavy atom. The van der Waals surface area contributed by atoms with Crippen LogP contribution in [0.2, 0.25) is 0 Å². The van der Waals surface area contributed by atoms with Crippen LogP contribution in [0.4, 0.5) is 0 Å². The van der Waals surface area contributed by atoms with E-state index in [-0.39, 0.29) is 0 Å². The van der Waals surface area contributed by atoms with Crippen LogP contribution in [0.1, 0.15) is 22.3 Å². The lowest BCUT2D eigenvalue weighted by Gasteiger charge is -1.96. The maximum Gasteiger partial charge on any atom is 0.0283 e. The van der Waals surface area contributed by atoms with E-state index in [1.54, 1.807) is 0 Å². The lowest BCUT2D eigenvalue weighted by molar-refractivity contribution is 1.36. The first-order valence-corrected chi connectivity index (χ1v) is 10.6. The predicted molar refractivity (Wildman–Crippen MR) is 103 cm³/mol. The molecule has 0 aliphatic carbocycles. The molecular weight excluding hydrogens is 512 g/mol. The Balaban J connectivity index is 0.000000200. The van der Waals surface area contributed by atoms with E-state index in [0.717, 1.165) is 21.3 Å². The summed E-state index contributed by atoms with van der Waals surface area (Å²) in [6.45, 7) is 0. The van der Waals surface area contributed by atoms with E-state index in [4.69, 9.17) is 0 Å². The van der Waals surface area contributed by atoms with E-state index >= 15 is 0 Å². The van der Waals surface area contributed by atoms with E-state index < -0.39 is 0 Å². The normalized spacial score (nSPS) is 9.80. The standard InChI is InChI=1S/2C8H8Br2/c2*9-5-7-1-2-8(6-10)4-3-7/h2*1-4H,5-6H2. The van der Waals surface area contributed by atoms with Crippen LogP contribution in [0.25, 0.3) is 0 Å². The number of halogens is 4. The number of hydrogen-bond donors (Lipinski definition) is 0. The molecular formula is C16H16Br4. The zero-order chi connectivity index (χ0) is 14.8. The third-order valence-corrected chi connectivity index (χ3v) is 5.25. The second-order valence-electron chi connectivity index (χ2n) is 4.17. The maximum absolute atomic E-state index is 3.39. The molecule has 0 unspecified atom stereocenters. The van der Waals surface area contributed by atoms with Crippen LogP contribution in [0.15, 0.2) is 48.5 Å². The summed E-state index contributed by atoms with van der Waals surface area (Å²) in [7, 11) is 0. The zero-order valence-electron chi connectivity index (χ0n) is 11.0. The van der Waals surface area contributed by atoms with Crippen molar-refractivity contribution in [3.63, 3.8) is 0 Å². The van der Waals surface area contributed by atoms with Gasteiger partial charge in [-0.1, -0.05) is 112 Å². The molecule has 0 nitrogen and oxygen atoms in total. The van der Waals surface area contributed by atoms with Gasteiger partial charge in [0.15, 0.2) is 0 Å². The highest BCUT2D eigenvalue weighted by molar-refractivity contribution is 9.09. The SMILES string of the molecule is BrCc1ccc(CBr)cc1.BrCc1ccc(CBr)cc1. The minimum atomic E-state index is 0.940. The minimum absolute atomic E-state index is 0.940. The molecule has 2 rings (SSSR count). The summed E-state index contributed by atoms with van der Waals surface area (Å²) < 4.78 is 0. The second-order valence-corrected chi connectivity index (χ2v) is 6.41. The number of benzene rings is 2. The molecule has 0 aromatic heterocycles. The molecule has 0 amide bonds. The molecule has 0 bridgehead atoms. The number of hydrogen-bond acceptors (Lipinski definition) is 0. The fourth-order valence-corrected chi connectivity index (χ4v) is 2.93. The van der Waals surface area contributed by atoms with Gasteiger partial charge in [-0.2, -0.15) is 0 Å². The van der Waals surface area contributed by atoms with Gasteiger partial charge in [0.1, 0.15) is 0 Å². The Morgan fingerprint density at radius 2 is 0.550 bits per heavy atom. The van der Waals surface area contributed by atoms with E-state index in [9.17, 15) is 0 Å². The predicted octanol–water partition coefficient (Wildman–Crippen LogP) is 6.95. The highest BCUT2D eigenvalue weighted by atomic mass is 79.9. The maximum atomic E-state index is 3.39. The molecule has 0 aliphatic heterocycles. The van der Waals surface area contributed by atoms with E-state index in [1.165, 1.54) is 22.3 Å². The van der Waals surface area contributed by atoms with Crippen molar-refractivity contribution < 1.29 is 0 Å². The Morgan fingerprint density at radius 3 is 0.650 bits per heavy atom. The van der Waals surface area contributed by atoms with Crippen molar-refractivity contribution in [1.82, 2.24) is 0 Å². The molecule has 0 N–H and O–H groups in total. The topological polar surface area (TPSA) is 0 Å². The molecule has 0 saturated carbocycles. The van der Waals surface area contributed by atoms with Crippen molar-refractivity contribution in [1.29, 1.82) is 0 Å². The van der Waals surface area contributed by atoms with Crippen LogP contribution in [-0.4, -0.2) is 0 Å². The lowest BCUT2D eigenvalue weighted by Crippen LogP contribution is -1.78. The largest absolute Gasteiger partial charge is 0.0876 e. The summed E-state index contributed by atoms with van der Waals surface area (Å²) in [4.78, 5) is 0. The molecule has 0 radical (unpaired) electrons. The fourth-order valence-electron chi connectivity index (χ4n) is 1.43. The smallest absolute Gasteiger partial charge is 0.0283 e. The van der Waals surface area contributed by atoms with E-state index in [0.29, 0.717) is 0 Å². The summed E-state index contributed by atoms with van der Waals surface area (Å²) in [6, 6.07) is 17.0. The van der Waals surface area contributed by atoms with Gasteiger partial charge in [-0.05, 0) is 22.3 Å². The Bertz CT molecular complexity index is 383. The fraction of sp³-hybridized carbons (Fsp3) is 0.250. The number of rotatable bonds is 4. The van der Waals surface area contributed by atoms with Crippen molar-refractivity contribution in [3.8, 4) is 0 Å². The van der Waals surface area contributed by atoms with Crippen LogP contribution in [0.3, 0.4) is 0 Å². The Labute approximate surface area is 154 Å². The van der Waals surface area contributed by atoms with Gasteiger partial charge in [-0.15, -0.1) is 0 Å². The van der Waals surface area contributed by atoms with Crippen LogP contribution in [0.5, 0.6) is 0 Å². The second kappa shape index (κ2) is 11.0. The van der Waals surface area contributed by atoms with Gasteiger partial charge in [-0.25, -0.2) is 0 Å². The van der Waals surface area contributed by atoms with E-state index in [2.05, 4.69) is 112 Å². The van der Waals surface area contributed by atoms with Gasteiger partial charge in [0, 0.05) is 21.3 Å². The molecule has 0 aliphatic rings. The zero-order valence-corrected chi connectivity index (χ0v) is 17.3. The molecule has 0 saturated heterocycles.